The van der Waals surface area contributed by atoms with Crippen LogP contribution >= 0.6 is 0 Å². The zero-order valence-electron chi connectivity index (χ0n) is 4.13. The van der Waals surface area contributed by atoms with Gasteiger partial charge in [-0.25, -0.2) is 0 Å². The van der Waals surface area contributed by atoms with Crippen LogP contribution in [0.25, 0.3) is 0 Å². The summed E-state index contributed by atoms with van der Waals surface area (Å²) in [7, 11) is 0. The summed E-state index contributed by atoms with van der Waals surface area (Å²) < 4.78 is 0. The van der Waals surface area contributed by atoms with Crippen molar-refractivity contribution in [1.82, 2.24) is 0 Å². The van der Waals surface area contributed by atoms with Gasteiger partial charge in [-0.2, -0.15) is 0 Å². The maximum atomic E-state index is 9.64. The maximum absolute atomic E-state index is 9.64. The van der Waals surface area contributed by atoms with Crippen molar-refractivity contribution in [3.8, 4) is 0 Å². The normalized spacial score (nSPS) is 13.4. The van der Waals surface area contributed by atoms with Gasteiger partial charge in [0.25, 0.3) is 0 Å². The van der Waals surface area contributed by atoms with E-state index in [1.165, 1.54) is 0 Å². The number of hydrogen-bond donors (Lipinski definition) is 2. The van der Waals surface area contributed by atoms with Crippen LogP contribution in [0.3, 0.4) is 0 Å². The van der Waals surface area contributed by atoms with E-state index >= 15 is 0 Å². The lowest BCUT2D eigenvalue weighted by atomic mass is 10.2. The van der Waals surface area contributed by atoms with E-state index in [4.69, 9.17) is 11.5 Å². The van der Waals surface area contributed by atoms with Crippen LogP contribution in [0.15, 0.2) is 0 Å². The van der Waals surface area contributed by atoms with Crippen molar-refractivity contribution in [3.05, 3.63) is 0 Å². The molecule has 0 radical (unpaired) electrons. The molecule has 1 unspecified atom stereocenters. The Kier molecular flexibility index (Phi) is 3.55. The van der Waals surface area contributed by atoms with Gasteiger partial charge < -0.3 is 16.3 Å². The highest BCUT2D eigenvalue weighted by molar-refractivity contribution is 5.50. The van der Waals surface area contributed by atoms with Crippen LogP contribution in [-0.2, 0) is 4.79 Å². The summed E-state index contributed by atoms with van der Waals surface area (Å²) in [4.78, 5) is 9.64. The molecule has 1 atom stereocenters. The topological polar surface area (TPSA) is 69.1 Å². The van der Waals surface area contributed by atoms with Gasteiger partial charge in [0.15, 0.2) is 0 Å². The average Bonchev–Trinajstić information content (AvgIpc) is 1.68. The molecule has 0 aromatic carbocycles. The van der Waals surface area contributed by atoms with Gasteiger partial charge >= 0.3 is 0 Å². The lowest BCUT2D eigenvalue weighted by Gasteiger charge is -1.99. The van der Waals surface area contributed by atoms with Crippen molar-refractivity contribution < 1.29 is 4.79 Å². The number of carbonyl (C=O) groups excluding carboxylic acids is 1. The van der Waals surface area contributed by atoms with E-state index in [-0.39, 0.29) is 6.04 Å². The molecule has 0 saturated heterocycles. The third-order valence-electron chi connectivity index (χ3n) is 0.702. The first-order valence-corrected chi connectivity index (χ1v) is 2.20. The first kappa shape index (κ1) is 6.59. The predicted molar refractivity (Wildman–Crippen MR) is 27.7 cm³/mol. The molecular weight excluding hydrogens is 92.1 g/mol. The standard InChI is InChI=1S/C4H10N2O/c5-3-4(6)1-2-7/h2,4H,1,3,5-6H2. The molecule has 0 spiro atoms. The summed E-state index contributed by atoms with van der Waals surface area (Å²) in [6.07, 6.45) is 1.15. The summed E-state index contributed by atoms with van der Waals surface area (Å²) in [5.41, 5.74) is 10.3. The van der Waals surface area contributed by atoms with Gasteiger partial charge in [0.05, 0.1) is 0 Å². The highest BCUT2D eigenvalue weighted by Crippen LogP contribution is 1.75. The Morgan fingerprint density at radius 3 is 2.43 bits per heavy atom. The van der Waals surface area contributed by atoms with Crippen molar-refractivity contribution in [2.45, 2.75) is 12.5 Å². The van der Waals surface area contributed by atoms with Gasteiger partial charge in [-0.3, -0.25) is 0 Å². The van der Waals surface area contributed by atoms with E-state index in [0.717, 1.165) is 6.29 Å². The second-order valence-corrected chi connectivity index (χ2v) is 1.40. The third-order valence-corrected chi connectivity index (χ3v) is 0.702. The van der Waals surface area contributed by atoms with Gasteiger partial charge in [0.1, 0.15) is 6.29 Å². The first-order valence-electron chi connectivity index (χ1n) is 2.20. The maximum Gasteiger partial charge on any atom is 0.121 e. The molecule has 42 valence electrons. The van der Waals surface area contributed by atoms with E-state index < -0.39 is 0 Å². The number of rotatable bonds is 3. The monoisotopic (exact) mass is 102 g/mol. The molecule has 3 nitrogen and oxygen atoms in total. The highest BCUT2D eigenvalue weighted by Gasteiger charge is 1.93. The summed E-state index contributed by atoms with van der Waals surface area (Å²) >= 11 is 0. The molecule has 0 fully saturated rings. The van der Waals surface area contributed by atoms with E-state index in [0.29, 0.717) is 13.0 Å². The Labute approximate surface area is 42.7 Å². The van der Waals surface area contributed by atoms with Gasteiger partial charge in [-0.1, -0.05) is 0 Å². The fourth-order valence-corrected chi connectivity index (χ4v) is 0.220. The number of nitrogens with two attached hydrogens (primary N) is 2. The minimum absolute atomic E-state index is 0.141. The molecule has 0 bridgehead atoms. The van der Waals surface area contributed by atoms with Gasteiger partial charge in [-0.15, -0.1) is 0 Å². The third kappa shape index (κ3) is 3.42. The van der Waals surface area contributed by atoms with Crippen molar-refractivity contribution in [2.24, 2.45) is 11.5 Å². The van der Waals surface area contributed by atoms with Gasteiger partial charge in [0, 0.05) is 19.0 Å². The van der Waals surface area contributed by atoms with Crippen molar-refractivity contribution in [2.75, 3.05) is 6.54 Å². The molecule has 0 aliphatic heterocycles. The lowest BCUT2D eigenvalue weighted by Crippen LogP contribution is -2.29. The largest absolute Gasteiger partial charge is 0.329 e. The molecule has 4 N–H and O–H groups in total. The van der Waals surface area contributed by atoms with Crippen LogP contribution in [0, 0.1) is 0 Å². The zero-order valence-corrected chi connectivity index (χ0v) is 4.13. The SMILES string of the molecule is NCC(N)CC=O. The Morgan fingerprint density at radius 1 is 1.71 bits per heavy atom. The van der Waals surface area contributed by atoms with E-state index in [9.17, 15) is 4.79 Å². The van der Waals surface area contributed by atoms with E-state index in [2.05, 4.69) is 0 Å². The van der Waals surface area contributed by atoms with Crippen molar-refractivity contribution in [1.29, 1.82) is 0 Å². The van der Waals surface area contributed by atoms with Gasteiger partial charge in [0.2, 0.25) is 0 Å². The fourth-order valence-electron chi connectivity index (χ4n) is 0.220. The smallest absolute Gasteiger partial charge is 0.121 e. The Bertz CT molecular complexity index is 55.7. The van der Waals surface area contributed by atoms with Crippen LogP contribution in [-0.4, -0.2) is 18.9 Å². The number of hydrogen-bond acceptors (Lipinski definition) is 3. The number of aldehydes is 1. The van der Waals surface area contributed by atoms with Crippen LogP contribution in [0.4, 0.5) is 0 Å². The summed E-state index contributed by atoms with van der Waals surface area (Å²) in [5.74, 6) is 0. The van der Waals surface area contributed by atoms with Gasteiger partial charge in [-0.05, 0) is 0 Å². The molecular formula is C4H10N2O. The average molecular weight is 102 g/mol. The molecule has 0 heterocycles. The number of carbonyl (C=O) groups is 1. The van der Waals surface area contributed by atoms with Crippen LogP contribution in [0.5, 0.6) is 0 Å². The molecule has 3 heteroatoms. The van der Waals surface area contributed by atoms with Crippen molar-refractivity contribution >= 4 is 6.29 Å². The molecule has 0 amide bonds. The summed E-state index contributed by atoms with van der Waals surface area (Å²) in [5, 5.41) is 0. The minimum atomic E-state index is -0.141. The molecule has 7 heavy (non-hydrogen) atoms. The quantitative estimate of drug-likeness (QED) is 0.442. The fraction of sp³-hybridized carbons (Fsp3) is 0.750. The second kappa shape index (κ2) is 3.77. The van der Waals surface area contributed by atoms with Crippen LogP contribution in [0.1, 0.15) is 6.42 Å². The van der Waals surface area contributed by atoms with Crippen LogP contribution < -0.4 is 11.5 Å². The predicted octanol–water partition coefficient (Wildman–Crippen LogP) is -1.14. The Morgan fingerprint density at radius 2 is 2.29 bits per heavy atom. The zero-order chi connectivity index (χ0) is 5.70. The second-order valence-electron chi connectivity index (χ2n) is 1.40. The van der Waals surface area contributed by atoms with Crippen LogP contribution in [0.2, 0.25) is 0 Å². The Balaban J connectivity index is 2.98. The summed E-state index contributed by atoms with van der Waals surface area (Å²) in [6, 6.07) is -0.141. The molecule has 0 aliphatic carbocycles. The molecule has 0 rings (SSSR count). The van der Waals surface area contributed by atoms with E-state index in [1.807, 2.05) is 0 Å². The molecule has 0 aromatic heterocycles. The minimum Gasteiger partial charge on any atom is -0.329 e. The molecule has 0 aliphatic rings. The lowest BCUT2D eigenvalue weighted by molar-refractivity contribution is -0.108. The first-order chi connectivity index (χ1) is 3.31. The van der Waals surface area contributed by atoms with E-state index in [1.54, 1.807) is 0 Å². The summed E-state index contributed by atoms with van der Waals surface area (Å²) in [6.45, 7) is 0.388. The molecule has 0 aromatic rings. The highest BCUT2D eigenvalue weighted by atomic mass is 16.1. The van der Waals surface area contributed by atoms with Crippen molar-refractivity contribution in [3.63, 3.8) is 0 Å². The Hall–Kier alpha value is -0.410. The molecule has 0 saturated carbocycles.